The standard InChI is InChI=1S/C15H16BrFO2S/c1-15(2,20(3,18)19)14(16)12-8-9-13(17)11-7-5-4-6-10(11)12/h4-9,14H,1-3H3. The van der Waals surface area contributed by atoms with Gasteiger partial charge in [0.15, 0.2) is 9.84 Å². The third-order valence-corrected chi connectivity index (χ3v) is 7.83. The van der Waals surface area contributed by atoms with Gasteiger partial charge in [0, 0.05) is 11.6 Å². The number of benzene rings is 2. The molecule has 20 heavy (non-hydrogen) atoms. The van der Waals surface area contributed by atoms with Gasteiger partial charge in [-0.1, -0.05) is 46.3 Å². The summed E-state index contributed by atoms with van der Waals surface area (Å²) in [4.78, 5) is -0.421. The average molecular weight is 359 g/mol. The van der Waals surface area contributed by atoms with Crippen LogP contribution in [0.2, 0.25) is 0 Å². The van der Waals surface area contributed by atoms with Gasteiger partial charge < -0.3 is 0 Å². The van der Waals surface area contributed by atoms with Crippen molar-refractivity contribution in [2.24, 2.45) is 0 Å². The van der Waals surface area contributed by atoms with Gasteiger partial charge in [0.05, 0.1) is 9.57 Å². The molecule has 0 aromatic heterocycles. The van der Waals surface area contributed by atoms with Crippen molar-refractivity contribution in [2.75, 3.05) is 6.26 Å². The highest BCUT2D eigenvalue weighted by Crippen LogP contribution is 2.42. The second-order valence-electron chi connectivity index (χ2n) is 5.42. The molecular formula is C15H16BrFO2S. The second kappa shape index (κ2) is 5.11. The molecule has 2 rings (SSSR count). The number of sulfone groups is 1. The van der Waals surface area contributed by atoms with Crippen LogP contribution in [0, 0.1) is 5.82 Å². The van der Waals surface area contributed by atoms with Crippen molar-refractivity contribution >= 4 is 36.5 Å². The highest BCUT2D eigenvalue weighted by molar-refractivity contribution is 9.09. The highest BCUT2D eigenvalue weighted by atomic mass is 79.9. The lowest BCUT2D eigenvalue weighted by Crippen LogP contribution is -2.35. The van der Waals surface area contributed by atoms with Crippen molar-refractivity contribution in [2.45, 2.75) is 23.4 Å². The maximum absolute atomic E-state index is 13.8. The van der Waals surface area contributed by atoms with E-state index in [1.165, 1.54) is 12.3 Å². The van der Waals surface area contributed by atoms with Crippen molar-refractivity contribution < 1.29 is 12.8 Å². The molecule has 1 atom stereocenters. The summed E-state index contributed by atoms with van der Waals surface area (Å²) >= 11 is 3.49. The van der Waals surface area contributed by atoms with Crippen molar-refractivity contribution in [1.82, 2.24) is 0 Å². The minimum atomic E-state index is -3.27. The van der Waals surface area contributed by atoms with E-state index in [-0.39, 0.29) is 5.82 Å². The van der Waals surface area contributed by atoms with E-state index < -0.39 is 19.4 Å². The van der Waals surface area contributed by atoms with Gasteiger partial charge in [-0.2, -0.15) is 0 Å². The first-order valence-electron chi connectivity index (χ1n) is 6.17. The lowest BCUT2D eigenvalue weighted by molar-refractivity contribution is 0.549. The Morgan fingerprint density at radius 1 is 1.10 bits per heavy atom. The van der Waals surface area contributed by atoms with Crippen molar-refractivity contribution in [1.29, 1.82) is 0 Å². The smallest absolute Gasteiger partial charge is 0.154 e. The zero-order valence-electron chi connectivity index (χ0n) is 11.5. The molecule has 108 valence electrons. The number of hydrogen-bond donors (Lipinski definition) is 0. The van der Waals surface area contributed by atoms with Gasteiger partial charge in [0.1, 0.15) is 5.82 Å². The maximum atomic E-state index is 13.8. The number of rotatable bonds is 3. The molecule has 0 aliphatic carbocycles. The largest absolute Gasteiger partial charge is 0.229 e. The van der Waals surface area contributed by atoms with Gasteiger partial charge in [0.2, 0.25) is 0 Å². The minimum Gasteiger partial charge on any atom is -0.229 e. The van der Waals surface area contributed by atoms with Gasteiger partial charge in [-0.05, 0) is 30.9 Å². The number of halogens is 2. The fourth-order valence-electron chi connectivity index (χ4n) is 2.07. The van der Waals surface area contributed by atoms with Gasteiger partial charge in [-0.15, -0.1) is 0 Å². The fourth-order valence-corrected chi connectivity index (χ4v) is 3.99. The number of hydrogen-bond acceptors (Lipinski definition) is 2. The summed E-state index contributed by atoms with van der Waals surface area (Å²) in [7, 11) is -3.27. The fraction of sp³-hybridized carbons (Fsp3) is 0.333. The molecule has 0 radical (unpaired) electrons. The van der Waals surface area contributed by atoms with Crippen LogP contribution in [0.3, 0.4) is 0 Å². The Hall–Kier alpha value is -0.940. The first-order chi connectivity index (χ1) is 9.16. The molecule has 0 aliphatic rings. The molecule has 0 heterocycles. The zero-order chi connectivity index (χ0) is 15.1. The van der Waals surface area contributed by atoms with Crippen LogP contribution in [0.5, 0.6) is 0 Å². The molecule has 2 aromatic carbocycles. The molecule has 5 heteroatoms. The SMILES string of the molecule is CC(C)(C(Br)c1ccc(F)c2ccccc12)S(C)(=O)=O. The van der Waals surface area contributed by atoms with Crippen LogP contribution in [0.4, 0.5) is 4.39 Å². The molecule has 0 saturated carbocycles. The van der Waals surface area contributed by atoms with E-state index in [9.17, 15) is 12.8 Å². The van der Waals surface area contributed by atoms with Crippen LogP contribution in [0.25, 0.3) is 10.8 Å². The summed E-state index contributed by atoms with van der Waals surface area (Å²) in [6, 6.07) is 10.1. The molecule has 1 unspecified atom stereocenters. The predicted octanol–water partition coefficient (Wildman–Crippen LogP) is 4.24. The first-order valence-corrected chi connectivity index (χ1v) is 8.98. The van der Waals surface area contributed by atoms with E-state index in [2.05, 4.69) is 15.9 Å². The third kappa shape index (κ3) is 2.49. The molecule has 0 saturated heterocycles. The number of alkyl halides is 1. The molecule has 2 aromatic rings. The monoisotopic (exact) mass is 358 g/mol. The summed E-state index contributed by atoms with van der Waals surface area (Å²) in [5, 5.41) is 1.23. The summed E-state index contributed by atoms with van der Waals surface area (Å²) in [6.07, 6.45) is 1.22. The van der Waals surface area contributed by atoms with Gasteiger partial charge >= 0.3 is 0 Å². The topological polar surface area (TPSA) is 34.1 Å². The van der Waals surface area contributed by atoms with Gasteiger partial charge in [-0.25, -0.2) is 12.8 Å². The summed E-state index contributed by atoms with van der Waals surface area (Å²) < 4.78 is 36.8. The second-order valence-corrected chi connectivity index (χ2v) is 8.93. The molecule has 0 aliphatic heterocycles. The van der Waals surface area contributed by atoms with Crippen LogP contribution >= 0.6 is 15.9 Å². The lowest BCUT2D eigenvalue weighted by Gasteiger charge is -2.29. The Morgan fingerprint density at radius 3 is 2.20 bits per heavy atom. The average Bonchev–Trinajstić information content (AvgIpc) is 2.37. The van der Waals surface area contributed by atoms with E-state index in [0.717, 1.165) is 10.9 Å². The molecule has 0 bridgehead atoms. The van der Waals surface area contributed by atoms with Gasteiger partial charge in [-0.3, -0.25) is 0 Å². The van der Waals surface area contributed by atoms with Crippen LogP contribution < -0.4 is 0 Å². The Kier molecular flexibility index (Phi) is 3.95. The lowest BCUT2D eigenvalue weighted by atomic mass is 9.96. The van der Waals surface area contributed by atoms with Crippen molar-refractivity contribution in [3.63, 3.8) is 0 Å². The molecule has 2 nitrogen and oxygen atoms in total. The van der Waals surface area contributed by atoms with E-state index in [4.69, 9.17) is 0 Å². The Balaban J connectivity index is 2.68. The Morgan fingerprint density at radius 2 is 1.65 bits per heavy atom. The first kappa shape index (κ1) is 15.4. The quantitative estimate of drug-likeness (QED) is 0.769. The number of fused-ring (bicyclic) bond motifs is 1. The molecule has 0 amide bonds. The van der Waals surface area contributed by atoms with E-state index in [1.807, 2.05) is 6.07 Å². The Bertz CT molecular complexity index is 754. The molecule has 0 N–H and O–H groups in total. The van der Waals surface area contributed by atoms with E-state index in [1.54, 1.807) is 38.1 Å². The minimum absolute atomic E-state index is 0.304. The van der Waals surface area contributed by atoms with Crippen molar-refractivity contribution in [3.8, 4) is 0 Å². The van der Waals surface area contributed by atoms with Crippen LogP contribution in [0.15, 0.2) is 36.4 Å². The highest BCUT2D eigenvalue weighted by Gasteiger charge is 2.39. The van der Waals surface area contributed by atoms with E-state index in [0.29, 0.717) is 5.39 Å². The van der Waals surface area contributed by atoms with Crippen LogP contribution in [-0.4, -0.2) is 19.4 Å². The molecular weight excluding hydrogens is 343 g/mol. The molecule has 0 fully saturated rings. The molecule has 0 spiro atoms. The third-order valence-electron chi connectivity index (χ3n) is 3.74. The Labute approximate surface area is 127 Å². The normalized spacial score (nSPS) is 14.4. The van der Waals surface area contributed by atoms with Crippen molar-refractivity contribution in [3.05, 3.63) is 47.8 Å². The van der Waals surface area contributed by atoms with Gasteiger partial charge in [0.25, 0.3) is 0 Å². The van der Waals surface area contributed by atoms with Crippen LogP contribution in [-0.2, 0) is 9.84 Å². The maximum Gasteiger partial charge on any atom is 0.154 e. The van der Waals surface area contributed by atoms with E-state index >= 15 is 0 Å². The summed E-state index contributed by atoms with van der Waals surface area (Å²) in [5.74, 6) is -0.304. The predicted molar refractivity (Wildman–Crippen MR) is 84.5 cm³/mol. The summed E-state index contributed by atoms with van der Waals surface area (Å²) in [6.45, 7) is 3.33. The zero-order valence-corrected chi connectivity index (χ0v) is 13.9. The summed E-state index contributed by atoms with van der Waals surface area (Å²) in [5.41, 5.74) is 0.775. The van der Waals surface area contributed by atoms with Crippen LogP contribution in [0.1, 0.15) is 24.2 Å².